The molecule has 17 heavy (non-hydrogen) atoms. The molecule has 1 fully saturated rings. The molecule has 0 amide bonds. The largest absolute Gasteiger partial charge is 0.393 e. The van der Waals surface area contributed by atoms with Crippen LogP contribution >= 0.6 is 0 Å². The molecule has 1 aromatic rings. The van der Waals surface area contributed by atoms with Gasteiger partial charge in [0.05, 0.1) is 6.10 Å². The van der Waals surface area contributed by atoms with Gasteiger partial charge in [-0.2, -0.15) is 0 Å². The van der Waals surface area contributed by atoms with Gasteiger partial charge in [0.1, 0.15) is 5.82 Å². The summed E-state index contributed by atoms with van der Waals surface area (Å²) in [5.41, 5.74) is 1.14. The minimum Gasteiger partial charge on any atom is -0.393 e. The smallest absolute Gasteiger partial charge is 0.123 e. The maximum absolute atomic E-state index is 12.8. The number of halogens is 1. The van der Waals surface area contributed by atoms with E-state index in [0.717, 1.165) is 38.0 Å². The number of hydrogen-bond donors (Lipinski definition) is 1. The van der Waals surface area contributed by atoms with Crippen LogP contribution < -0.4 is 0 Å². The number of aliphatic hydroxyl groups excluding tert-OH is 1. The number of nitrogens with zero attached hydrogens (tertiary/aromatic N) is 1. The summed E-state index contributed by atoms with van der Waals surface area (Å²) in [6.07, 6.45) is 1.71. The van der Waals surface area contributed by atoms with Crippen molar-refractivity contribution < 1.29 is 9.50 Å². The van der Waals surface area contributed by atoms with Gasteiger partial charge in [-0.15, -0.1) is 0 Å². The molecule has 1 aromatic carbocycles. The molecule has 0 saturated carbocycles. The van der Waals surface area contributed by atoms with E-state index in [0.29, 0.717) is 5.92 Å². The minimum absolute atomic E-state index is 0.149. The zero-order valence-corrected chi connectivity index (χ0v) is 10.3. The monoisotopic (exact) mass is 237 g/mol. The van der Waals surface area contributed by atoms with E-state index in [2.05, 4.69) is 11.8 Å². The Kier molecular flexibility index (Phi) is 4.13. The van der Waals surface area contributed by atoms with E-state index in [1.54, 1.807) is 0 Å². The summed E-state index contributed by atoms with van der Waals surface area (Å²) in [7, 11) is 0. The van der Waals surface area contributed by atoms with Crippen LogP contribution in [-0.4, -0.2) is 29.2 Å². The van der Waals surface area contributed by atoms with E-state index >= 15 is 0 Å². The van der Waals surface area contributed by atoms with Gasteiger partial charge in [0.2, 0.25) is 0 Å². The first kappa shape index (κ1) is 12.5. The molecule has 0 aromatic heterocycles. The molecule has 0 bridgehead atoms. The lowest BCUT2D eigenvalue weighted by Crippen LogP contribution is -2.42. The molecule has 1 saturated heterocycles. The fourth-order valence-electron chi connectivity index (χ4n) is 2.49. The number of rotatable bonds is 3. The van der Waals surface area contributed by atoms with Crippen LogP contribution in [0.4, 0.5) is 4.39 Å². The van der Waals surface area contributed by atoms with E-state index in [4.69, 9.17) is 0 Å². The predicted octanol–water partition coefficient (Wildman–Crippen LogP) is 2.42. The number of piperidine rings is 1. The molecular formula is C14H20FNO. The van der Waals surface area contributed by atoms with Gasteiger partial charge in [-0.3, -0.25) is 4.90 Å². The van der Waals surface area contributed by atoms with Crippen LogP contribution in [0.2, 0.25) is 0 Å². The highest BCUT2D eigenvalue weighted by atomic mass is 19.1. The predicted molar refractivity (Wildman–Crippen MR) is 66.1 cm³/mol. The van der Waals surface area contributed by atoms with Crippen LogP contribution in [0.25, 0.3) is 0 Å². The van der Waals surface area contributed by atoms with E-state index in [-0.39, 0.29) is 11.9 Å². The van der Waals surface area contributed by atoms with Crippen molar-refractivity contribution in [3.05, 3.63) is 35.6 Å². The van der Waals surface area contributed by atoms with Crippen LogP contribution in [0.3, 0.4) is 0 Å². The van der Waals surface area contributed by atoms with E-state index in [9.17, 15) is 9.50 Å². The third-order valence-electron chi connectivity index (χ3n) is 3.62. The highest BCUT2D eigenvalue weighted by Gasteiger charge is 2.25. The number of likely N-dealkylation sites (tertiary alicyclic amines) is 1. The molecule has 0 unspecified atom stereocenters. The molecular weight excluding hydrogens is 217 g/mol. The van der Waals surface area contributed by atoms with Crippen molar-refractivity contribution in [1.82, 2.24) is 4.90 Å². The standard InChI is InChI=1S/C14H20FNO/c1-2-12-10-16(8-7-14(12)17)9-11-3-5-13(15)6-4-11/h3-6,12,14,17H,2,7-10H2,1H3/t12-,14-/m1/s1. The van der Waals surface area contributed by atoms with Crippen molar-refractivity contribution >= 4 is 0 Å². The third kappa shape index (κ3) is 3.27. The first-order valence-corrected chi connectivity index (χ1v) is 6.34. The fourth-order valence-corrected chi connectivity index (χ4v) is 2.49. The SMILES string of the molecule is CC[C@@H]1CN(Cc2ccc(F)cc2)CC[C@H]1O. The van der Waals surface area contributed by atoms with Crippen molar-refractivity contribution in [1.29, 1.82) is 0 Å². The average Bonchev–Trinajstić information content (AvgIpc) is 2.34. The lowest BCUT2D eigenvalue weighted by Gasteiger charge is -2.35. The molecule has 94 valence electrons. The van der Waals surface area contributed by atoms with Crippen molar-refractivity contribution in [2.45, 2.75) is 32.4 Å². The Morgan fingerprint density at radius 1 is 1.35 bits per heavy atom. The molecule has 1 N–H and O–H groups in total. The Morgan fingerprint density at radius 2 is 2.06 bits per heavy atom. The van der Waals surface area contributed by atoms with Gasteiger partial charge < -0.3 is 5.11 Å². The molecule has 0 aliphatic carbocycles. The van der Waals surface area contributed by atoms with Crippen molar-refractivity contribution in [2.75, 3.05) is 13.1 Å². The molecule has 2 atom stereocenters. The summed E-state index contributed by atoms with van der Waals surface area (Å²) < 4.78 is 12.8. The molecule has 1 heterocycles. The molecule has 1 aliphatic rings. The highest BCUT2D eigenvalue weighted by molar-refractivity contribution is 5.16. The summed E-state index contributed by atoms with van der Waals surface area (Å²) in [5, 5.41) is 9.81. The lowest BCUT2D eigenvalue weighted by molar-refractivity contribution is 0.0222. The highest BCUT2D eigenvalue weighted by Crippen LogP contribution is 2.21. The van der Waals surface area contributed by atoms with Gasteiger partial charge >= 0.3 is 0 Å². The minimum atomic E-state index is -0.186. The quantitative estimate of drug-likeness (QED) is 0.872. The van der Waals surface area contributed by atoms with Gasteiger partial charge in [-0.1, -0.05) is 19.1 Å². The first-order chi connectivity index (χ1) is 8.19. The number of aliphatic hydroxyl groups is 1. The molecule has 2 nitrogen and oxygen atoms in total. The first-order valence-electron chi connectivity index (χ1n) is 6.34. The summed E-state index contributed by atoms with van der Waals surface area (Å²) in [4.78, 5) is 2.34. The Morgan fingerprint density at radius 3 is 2.71 bits per heavy atom. The van der Waals surface area contributed by atoms with Crippen LogP contribution in [0.15, 0.2) is 24.3 Å². The van der Waals surface area contributed by atoms with Crippen LogP contribution in [0.5, 0.6) is 0 Å². The Balaban J connectivity index is 1.93. The summed E-state index contributed by atoms with van der Waals surface area (Å²) in [6.45, 7) is 4.84. The van der Waals surface area contributed by atoms with E-state index in [1.807, 2.05) is 12.1 Å². The normalized spacial score (nSPS) is 26.1. The van der Waals surface area contributed by atoms with Gasteiger partial charge in [0.15, 0.2) is 0 Å². The summed E-state index contributed by atoms with van der Waals surface area (Å²) in [5.74, 6) is 0.193. The molecule has 3 heteroatoms. The Bertz CT molecular complexity index is 352. The Hall–Kier alpha value is -0.930. The van der Waals surface area contributed by atoms with Gasteiger partial charge in [0.25, 0.3) is 0 Å². The topological polar surface area (TPSA) is 23.5 Å². The van der Waals surface area contributed by atoms with Crippen LogP contribution in [0.1, 0.15) is 25.3 Å². The van der Waals surface area contributed by atoms with E-state index in [1.165, 1.54) is 12.1 Å². The van der Waals surface area contributed by atoms with Crippen LogP contribution in [0, 0.1) is 11.7 Å². The fraction of sp³-hybridized carbons (Fsp3) is 0.571. The summed E-state index contributed by atoms with van der Waals surface area (Å²) in [6, 6.07) is 6.68. The maximum Gasteiger partial charge on any atom is 0.123 e. The second kappa shape index (κ2) is 5.61. The number of hydrogen-bond acceptors (Lipinski definition) is 2. The number of benzene rings is 1. The van der Waals surface area contributed by atoms with Gasteiger partial charge in [0, 0.05) is 19.6 Å². The average molecular weight is 237 g/mol. The molecule has 0 spiro atoms. The van der Waals surface area contributed by atoms with Crippen LogP contribution in [-0.2, 0) is 6.54 Å². The third-order valence-corrected chi connectivity index (χ3v) is 3.62. The molecule has 2 rings (SSSR count). The second-order valence-corrected chi connectivity index (χ2v) is 4.89. The summed E-state index contributed by atoms with van der Waals surface area (Å²) >= 11 is 0. The molecule has 1 aliphatic heterocycles. The van der Waals surface area contributed by atoms with Gasteiger partial charge in [-0.05, 0) is 36.5 Å². The second-order valence-electron chi connectivity index (χ2n) is 4.89. The lowest BCUT2D eigenvalue weighted by atomic mass is 9.92. The zero-order chi connectivity index (χ0) is 12.3. The zero-order valence-electron chi connectivity index (χ0n) is 10.3. The van der Waals surface area contributed by atoms with Crippen molar-refractivity contribution in [3.63, 3.8) is 0 Å². The van der Waals surface area contributed by atoms with Crippen molar-refractivity contribution in [3.8, 4) is 0 Å². The maximum atomic E-state index is 12.8. The Labute approximate surface area is 102 Å². The van der Waals surface area contributed by atoms with E-state index < -0.39 is 0 Å². The molecule has 0 radical (unpaired) electrons. The van der Waals surface area contributed by atoms with Gasteiger partial charge in [-0.25, -0.2) is 4.39 Å². The van der Waals surface area contributed by atoms with Crippen molar-refractivity contribution in [2.24, 2.45) is 5.92 Å².